The van der Waals surface area contributed by atoms with E-state index in [2.05, 4.69) is 15.2 Å². The number of carbonyl (C=O) groups is 2. The predicted molar refractivity (Wildman–Crippen MR) is 97.8 cm³/mol. The summed E-state index contributed by atoms with van der Waals surface area (Å²) in [5, 5.41) is 12.5. The van der Waals surface area contributed by atoms with Crippen LogP contribution in [0, 0.1) is 0 Å². The average Bonchev–Trinajstić information content (AvgIpc) is 2.68. The summed E-state index contributed by atoms with van der Waals surface area (Å²) in [7, 11) is 1.37. The van der Waals surface area contributed by atoms with E-state index < -0.39 is 5.97 Å². The molecule has 1 aliphatic heterocycles. The smallest absolute Gasteiger partial charge is 0.354 e. The third-order valence-corrected chi connectivity index (χ3v) is 4.43. The number of nitrogens with zero attached hydrogens (tertiary/aromatic N) is 2. The molecule has 7 heteroatoms. The number of hydrogen-bond acceptors (Lipinski definition) is 6. The Morgan fingerprint density at radius 3 is 2.62 bits per heavy atom. The molecule has 0 spiro atoms. The number of aromatic nitrogens is 1. The van der Waals surface area contributed by atoms with E-state index in [1.165, 1.54) is 13.2 Å². The maximum absolute atomic E-state index is 11.6. The van der Waals surface area contributed by atoms with Crippen molar-refractivity contribution in [3.8, 4) is 0 Å². The van der Waals surface area contributed by atoms with E-state index in [9.17, 15) is 9.59 Å². The predicted octanol–water partition coefficient (Wildman–Crippen LogP) is 2.65. The highest BCUT2D eigenvalue weighted by Crippen LogP contribution is 2.21. The molecule has 0 atom stereocenters. The standard InChI is InChI=1S/C19H21N3O4/c1-26-19(25)13-4-2-5-15(12-13)20-14-8-10-22(11-9-14)17-7-3-6-16(21-17)18(23)24/h2-7,12,14,20H,8-11H2,1H3,(H,23,24). The van der Waals surface area contributed by atoms with Crippen molar-refractivity contribution in [2.45, 2.75) is 18.9 Å². The minimum atomic E-state index is -1.02. The Morgan fingerprint density at radius 2 is 1.92 bits per heavy atom. The molecule has 136 valence electrons. The number of benzene rings is 1. The zero-order valence-electron chi connectivity index (χ0n) is 14.5. The zero-order chi connectivity index (χ0) is 18.5. The molecule has 1 aliphatic rings. The van der Waals surface area contributed by atoms with Crippen LogP contribution < -0.4 is 10.2 Å². The molecule has 0 unspecified atom stereocenters. The van der Waals surface area contributed by atoms with Crippen LogP contribution in [-0.4, -0.2) is 48.3 Å². The first kappa shape index (κ1) is 17.7. The molecule has 0 bridgehead atoms. The molecule has 1 saturated heterocycles. The Bertz CT molecular complexity index is 801. The quantitative estimate of drug-likeness (QED) is 0.797. The lowest BCUT2D eigenvalue weighted by atomic mass is 10.0. The summed E-state index contributed by atoms with van der Waals surface area (Å²) in [6, 6.07) is 12.6. The molecule has 1 fully saturated rings. The molecule has 2 aromatic rings. The largest absolute Gasteiger partial charge is 0.477 e. The lowest BCUT2D eigenvalue weighted by Crippen LogP contribution is -2.39. The van der Waals surface area contributed by atoms with Gasteiger partial charge in [0.1, 0.15) is 5.82 Å². The topological polar surface area (TPSA) is 91.8 Å². The van der Waals surface area contributed by atoms with Crippen LogP contribution in [0.15, 0.2) is 42.5 Å². The van der Waals surface area contributed by atoms with Gasteiger partial charge in [0.25, 0.3) is 0 Å². The fraction of sp³-hybridized carbons (Fsp3) is 0.316. The van der Waals surface area contributed by atoms with Gasteiger partial charge in [0, 0.05) is 24.8 Å². The lowest BCUT2D eigenvalue weighted by Gasteiger charge is -2.33. The Kier molecular flexibility index (Phi) is 5.36. The number of piperidine rings is 1. The SMILES string of the molecule is COC(=O)c1cccc(NC2CCN(c3cccc(C(=O)O)n3)CC2)c1. The van der Waals surface area contributed by atoms with Crippen LogP contribution in [0.1, 0.15) is 33.7 Å². The van der Waals surface area contributed by atoms with Crippen LogP contribution in [-0.2, 0) is 4.74 Å². The summed E-state index contributed by atoms with van der Waals surface area (Å²) in [6.07, 6.45) is 1.78. The van der Waals surface area contributed by atoms with Crippen molar-refractivity contribution in [1.29, 1.82) is 0 Å². The summed E-state index contributed by atoms with van der Waals surface area (Å²) in [6.45, 7) is 1.56. The number of esters is 1. The van der Waals surface area contributed by atoms with Crippen LogP contribution in [0.2, 0.25) is 0 Å². The molecule has 0 amide bonds. The van der Waals surface area contributed by atoms with Crippen LogP contribution in [0.4, 0.5) is 11.5 Å². The Balaban J connectivity index is 1.60. The second-order valence-corrected chi connectivity index (χ2v) is 6.16. The van der Waals surface area contributed by atoms with Crippen molar-refractivity contribution in [3.63, 3.8) is 0 Å². The first-order chi connectivity index (χ1) is 12.6. The van der Waals surface area contributed by atoms with Crippen LogP contribution in [0.3, 0.4) is 0 Å². The molecule has 0 aliphatic carbocycles. The van der Waals surface area contributed by atoms with E-state index >= 15 is 0 Å². The zero-order valence-corrected chi connectivity index (χ0v) is 14.5. The van der Waals surface area contributed by atoms with Gasteiger partial charge >= 0.3 is 11.9 Å². The summed E-state index contributed by atoms with van der Waals surface area (Å²) >= 11 is 0. The van der Waals surface area contributed by atoms with E-state index in [4.69, 9.17) is 9.84 Å². The van der Waals surface area contributed by atoms with Gasteiger partial charge in [-0.3, -0.25) is 0 Å². The van der Waals surface area contributed by atoms with Gasteiger partial charge in [-0.05, 0) is 43.2 Å². The number of nitrogens with one attached hydrogen (secondary N) is 1. The van der Waals surface area contributed by atoms with Crippen molar-refractivity contribution in [2.24, 2.45) is 0 Å². The Labute approximate surface area is 151 Å². The van der Waals surface area contributed by atoms with Gasteiger partial charge < -0.3 is 20.1 Å². The monoisotopic (exact) mass is 355 g/mol. The number of carbonyl (C=O) groups excluding carboxylic acids is 1. The van der Waals surface area contributed by atoms with Gasteiger partial charge in [0.2, 0.25) is 0 Å². The molecular weight excluding hydrogens is 334 g/mol. The summed E-state index contributed by atoms with van der Waals surface area (Å²) < 4.78 is 4.75. The summed E-state index contributed by atoms with van der Waals surface area (Å²) in [5.74, 6) is -0.683. The molecule has 2 N–H and O–H groups in total. The van der Waals surface area contributed by atoms with Crippen molar-refractivity contribution in [2.75, 3.05) is 30.4 Å². The van der Waals surface area contributed by atoms with Crippen molar-refractivity contribution < 1.29 is 19.4 Å². The van der Waals surface area contributed by atoms with Gasteiger partial charge in [-0.25, -0.2) is 14.6 Å². The Morgan fingerprint density at radius 1 is 1.19 bits per heavy atom. The van der Waals surface area contributed by atoms with Gasteiger partial charge in [-0.15, -0.1) is 0 Å². The molecule has 7 nitrogen and oxygen atoms in total. The van der Waals surface area contributed by atoms with Gasteiger partial charge in [0.05, 0.1) is 12.7 Å². The number of aromatic carboxylic acids is 1. The first-order valence-electron chi connectivity index (χ1n) is 8.47. The van der Waals surface area contributed by atoms with Crippen LogP contribution >= 0.6 is 0 Å². The van der Waals surface area contributed by atoms with E-state index in [0.29, 0.717) is 11.4 Å². The number of rotatable bonds is 5. The number of carboxylic acid groups (broad SMARTS) is 1. The normalized spacial score (nSPS) is 14.7. The number of anilines is 2. The second-order valence-electron chi connectivity index (χ2n) is 6.16. The molecule has 3 rings (SSSR count). The first-order valence-corrected chi connectivity index (χ1v) is 8.47. The number of ether oxygens (including phenoxy) is 1. The molecule has 0 saturated carbocycles. The number of hydrogen-bond donors (Lipinski definition) is 2. The number of carboxylic acids is 1. The van der Waals surface area contributed by atoms with Gasteiger partial charge in [-0.2, -0.15) is 0 Å². The highest BCUT2D eigenvalue weighted by Gasteiger charge is 2.21. The summed E-state index contributed by atoms with van der Waals surface area (Å²) in [4.78, 5) is 29.0. The molecule has 26 heavy (non-hydrogen) atoms. The third-order valence-electron chi connectivity index (χ3n) is 4.43. The maximum atomic E-state index is 11.6. The van der Waals surface area contributed by atoms with Crippen LogP contribution in [0.5, 0.6) is 0 Å². The second kappa shape index (κ2) is 7.86. The third kappa shape index (κ3) is 4.11. The van der Waals surface area contributed by atoms with Gasteiger partial charge in [-0.1, -0.05) is 12.1 Å². The highest BCUT2D eigenvalue weighted by atomic mass is 16.5. The summed E-state index contributed by atoms with van der Waals surface area (Å²) in [5.41, 5.74) is 1.46. The molecule has 0 radical (unpaired) electrons. The molecule has 2 heterocycles. The molecule has 1 aromatic heterocycles. The van der Waals surface area contributed by atoms with Crippen molar-refractivity contribution in [3.05, 3.63) is 53.7 Å². The van der Waals surface area contributed by atoms with Crippen molar-refractivity contribution in [1.82, 2.24) is 4.98 Å². The highest BCUT2D eigenvalue weighted by molar-refractivity contribution is 5.90. The lowest BCUT2D eigenvalue weighted by molar-refractivity contribution is 0.0599. The fourth-order valence-electron chi connectivity index (χ4n) is 3.06. The van der Waals surface area contributed by atoms with E-state index in [1.54, 1.807) is 18.2 Å². The number of methoxy groups -OCH3 is 1. The Hall–Kier alpha value is -3.09. The molecular formula is C19H21N3O4. The van der Waals surface area contributed by atoms with E-state index in [0.717, 1.165) is 31.6 Å². The van der Waals surface area contributed by atoms with Gasteiger partial charge in [0.15, 0.2) is 5.69 Å². The fourth-order valence-corrected chi connectivity index (χ4v) is 3.06. The average molecular weight is 355 g/mol. The van der Waals surface area contributed by atoms with Crippen LogP contribution in [0.25, 0.3) is 0 Å². The molecule has 1 aromatic carbocycles. The minimum Gasteiger partial charge on any atom is -0.477 e. The number of pyridine rings is 1. The van der Waals surface area contributed by atoms with E-state index in [1.807, 2.05) is 18.2 Å². The maximum Gasteiger partial charge on any atom is 0.354 e. The van der Waals surface area contributed by atoms with Crippen molar-refractivity contribution >= 4 is 23.4 Å². The van der Waals surface area contributed by atoms with E-state index in [-0.39, 0.29) is 17.7 Å². The minimum absolute atomic E-state index is 0.0578.